The lowest BCUT2D eigenvalue weighted by Gasteiger charge is -2.03. The van der Waals surface area contributed by atoms with E-state index >= 15 is 0 Å². The third-order valence-corrected chi connectivity index (χ3v) is 2.74. The van der Waals surface area contributed by atoms with E-state index in [0.29, 0.717) is 0 Å². The van der Waals surface area contributed by atoms with E-state index in [9.17, 15) is 0 Å². The molecule has 0 unspecified atom stereocenters. The Morgan fingerprint density at radius 1 is 1.17 bits per heavy atom. The van der Waals surface area contributed by atoms with Gasteiger partial charge in [-0.25, -0.2) is 4.98 Å². The van der Waals surface area contributed by atoms with Crippen LogP contribution in [0.3, 0.4) is 0 Å². The van der Waals surface area contributed by atoms with Crippen molar-refractivity contribution in [1.82, 2.24) is 20.2 Å². The molecule has 0 saturated heterocycles. The molecule has 0 amide bonds. The molecule has 3 rings (SSSR count). The van der Waals surface area contributed by atoms with Crippen molar-refractivity contribution in [3.63, 3.8) is 0 Å². The maximum Gasteiger partial charge on any atom is 0.148 e. The predicted molar refractivity (Wildman–Crippen MR) is 71.3 cm³/mol. The molecule has 18 heavy (non-hydrogen) atoms. The second kappa shape index (κ2) is 4.44. The Kier molecular flexibility index (Phi) is 2.64. The summed E-state index contributed by atoms with van der Waals surface area (Å²) in [5.41, 5.74) is 3.84. The SMILES string of the molecule is CCNc1ccc(-c2ccc3nc[nH]c3c2)nn1. The fraction of sp³-hybridized carbons (Fsp3) is 0.154. The number of H-pyrrole nitrogens is 1. The van der Waals surface area contributed by atoms with Gasteiger partial charge < -0.3 is 10.3 Å². The Balaban J connectivity index is 1.97. The van der Waals surface area contributed by atoms with Crippen LogP contribution in [0.15, 0.2) is 36.7 Å². The van der Waals surface area contributed by atoms with Gasteiger partial charge in [-0.1, -0.05) is 6.07 Å². The van der Waals surface area contributed by atoms with Crippen LogP contribution >= 0.6 is 0 Å². The van der Waals surface area contributed by atoms with Crippen LogP contribution < -0.4 is 5.32 Å². The Hall–Kier alpha value is -2.43. The Morgan fingerprint density at radius 2 is 2.11 bits per heavy atom. The van der Waals surface area contributed by atoms with E-state index < -0.39 is 0 Å². The lowest BCUT2D eigenvalue weighted by atomic mass is 10.1. The number of hydrogen-bond acceptors (Lipinski definition) is 4. The quantitative estimate of drug-likeness (QED) is 0.736. The van der Waals surface area contributed by atoms with E-state index in [1.165, 1.54) is 0 Å². The highest BCUT2D eigenvalue weighted by Gasteiger charge is 2.03. The number of hydrogen-bond donors (Lipinski definition) is 2. The number of nitrogens with zero attached hydrogens (tertiary/aromatic N) is 3. The molecule has 2 N–H and O–H groups in total. The van der Waals surface area contributed by atoms with E-state index in [0.717, 1.165) is 34.7 Å². The van der Waals surface area contributed by atoms with Crippen LogP contribution in [0.4, 0.5) is 5.82 Å². The summed E-state index contributed by atoms with van der Waals surface area (Å²) in [6, 6.07) is 9.89. The molecule has 5 heteroatoms. The van der Waals surface area contributed by atoms with Crippen molar-refractivity contribution in [1.29, 1.82) is 0 Å². The molecule has 3 aromatic rings. The second-order valence-corrected chi connectivity index (χ2v) is 3.97. The average Bonchev–Trinajstić information content (AvgIpc) is 2.87. The molecule has 2 heterocycles. The van der Waals surface area contributed by atoms with Gasteiger partial charge in [0.25, 0.3) is 0 Å². The van der Waals surface area contributed by atoms with Crippen molar-refractivity contribution >= 4 is 16.9 Å². The lowest BCUT2D eigenvalue weighted by Crippen LogP contribution is -2.00. The summed E-state index contributed by atoms with van der Waals surface area (Å²) in [6.45, 7) is 2.87. The molecule has 1 aromatic carbocycles. The summed E-state index contributed by atoms with van der Waals surface area (Å²) >= 11 is 0. The molecule has 0 atom stereocenters. The number of fused-ring (bicyclic) bond motifs is 1. The van der Waals surface area contributed by atoms with Gasteiger partial charge in [-0.15, -0.1) is 10.2 Å². The van der Waals surface area contributed by atoms with Crippen molar-refractivity contribution < 1.29 is 0 Å². The topological polar surface area (TPSA) is 66.5 Å². The molecule has 0 radical (unpaired) electrons. The summed E-state index contributed by atoms with van der Waals surface area (Å²) in [7, 11) is 0. The zero-order chi connectivity index (χ0) is 12.4. The number of aromatic nitrogens is 4. The van der Waals surface area contributed by atoms with Gasteiger partial charge in [-0.2, -0.15) is 0 Å². The highest BCUT2D eigenvalue weighted by molar-refractivity contribution is 5.80. The summed E-state index contributed by atoms with van der Waals surface area (Å²) in [5.74, 6) is 0.795. The highest BCUT2D eigenvalue weighted by Crippen LogP contribution is 2.21. The zero-order valence-electron chi connectivity index (χ0n) is 10.0. The van der Waals surface area contributed by atoms with Gasteiger partial charge in [0.2, 0.25) is 0 Å². The molecule has 0 aliphatic heterocycles. The van der Waals surface area contributed by atoms with Gasteiger partial charge in [0.1, 0.15) is 5.82 Å². The molecule has 2 aromatic heterocycles. The van der Waals surface area contributed by atoms with Crippen LogP contribution in [-0.4, -0.2) is 26.7 Å². The molecule has 90 valence electrons. The smallest absolute Gasteiger partial charge is 0.148 e. The van der Waals surface area contributed by atoms with E-state index in [1.807, 2.05) is 37.3 Å². The number of rotatable bonds is 3. The molecule has 5 nitrogen and oxygen atoms in total. The Bertz CT molecular complexity index is 656. The van der Waals surface area contributed by atoms with E-state index in [2.05, 4.69) is 25.5 Å². The molecule has 0 aliphatic rings. The van der Waals surface area contributed by atoms with Crippen LogP contribution in [0, 0.1) is 0 Å². The maximum absolute atomic E-state index is 4.21. The van der Waals surface area contributed by atoms with Crippen LogP contribution in [0.1, 0.15) is 6.92 Å². The summed E-state index contributed by atoms with van der Waals surface area (Å²) in [5, 5.41) is 11.5. The third-order valence-electron chi connectivity index (χ3n) is 2.74. The van der Waals surface area contributed by atoms with Crippen LogP contribution in [-0.2, 0) is 0 Å². The maximum atomic E-state index is 4.21. The lowest BCUT2D eigenvalue weighted by molar-refractivity contribution is 1.02. The van der Waals surface area contributed by atoms with Crippen LogP contribution in [0.2, 0.25) is 0 Å². The molecule has 0 saturated carbocycles. The van der Waals surface area contributed by atoms with Gasteiger partial charge in [-0.05, 0) is 31.2 Å². The van der Waals surface area contributed by atoms with Crippen LogP contribution in [0.5, 0.6) is 0 Å². The molecular weight excluding hydrogens is 226 g/mol. The zero-order valence-corrected chi connectivity index (χ0v) is 10.0. The first-order valence-electron chi connectivity index (χ1n) is 5.88. The summed E-state index contributed by atoms with van der Waals surface area (Å²) < 4.78 is 0. The van der Waals surface area contributed by atoms with Crippen molar-refractivity contribution in [2.75, 3.05) is 11.9 Å². The molecule has 0 bridgehead atoms. The van der Waals surface area contributed by atoms with Crippen molar-refractivity contribution in [3.05, 3.63) is 36.7 Å². The second-order valence-electron chi connectivity index (χ2n) is 3.97. The summed E-state index contributed by atoms with van der Waals surface area (Å²) in [4.78, 5) is 7.28. The van der Waals surface area contributed by atoms with E-state index in [1.54, 1.807) is 6.33 Å². The molecular formula is C13H13N5. The summed E-state index contributed by atoms with van der Waals surface area (Å²) in [6.07, 6.45) is 1.69. The van der Waals surface area contributed by atoms with Crippen molar-refractivity contribution in [2.24, 2.45) is 0 Å². The first-order chi connectivity index (χ1) is 8.86. The molecule has 0 aliphatic carbocycles. The van der Waals surface area contributed by atoms with E-state index in [-0.39, 0.29) is 0 Å². The average molecular weight is 239 g/mol. The third kappa shape index (κ3) is 1.90. The van der Waals surface area contributed by atoms with Gasteiger partial charge in [0.15, 0.2) is 0 Å². The normalized spacial score (nSPS) is 10.7. The Labute approximate surface area is 104 Å². The molecule has 0 spiro atoms. The van der Waals surface area contributed by atoms with Gasteiger partial charge in [0, 0.05) is 12.1 Å². The largest absolute Gasteiger partial charge is 0.369 e. The fourth-order valence-corrected chi connectivity index (χ4v) is 1.86. The standard InChI is InChI=1S/C13H13N5/c1-2-14-13-6-5-10(17-18-13)9-3-4-11-12(7-9)16-8-15-11/h3-8H,2H2,1H3,(H,14,18)(H,15,16). The first kappa shape index (κ1) is 10.7. The van der Waals surface area contributed by atoms with Gasteiger partial charge in [-0.3, -0.25) is 0 Å². The first-order valence-corrected chi connectivity index (χ1v) is 5.88. The number of benzene rings is 1. The minimum Gasteiger partial charge on any atom is -0.369 e. The molecule has 0 fully saturated rings. The number of aromatic amines is 1. The number of imidazole rings is 1. The van der Waals surface area contributed by atoms with Gasteiger partial charge in [0.05, 0.1) is 23.1 Å². The fourth-order valence-electron chi connectivity index (χ4n) is 1.86. The van der Waals surface area contributed by atoms with E-state index in [4.69, 9.17) is 0 Å². The van der Waals surface area contributed by atoms with Crippen molar-refractivity contribution in [2.45, 2.75) is 6.92 Å². The minimum atomic E-state index is 0.795. The number of anilines is 1. The minimum absolute atomic E-state index is 0.795. The highest BCUT2D eigenvalue weighted by atomic mass is 15.2. The van der Waals surface area contributed by atoms with Crippen molar-refractivity contribution in [3.8, 4) is 11.3 Å². The monoisotopic (exact) mass is 239 g/mol. The van der Waals surface area contributed by atoms with Crippen LogP contribution in [0.25, 0.3) is 22.3 Å². The predicted octanol–water partition coefficient (Wildman–Crippen LogP) is 2.45. The van der Waals surface area contributed by atoms with Gasteiger partial charge >= 0.3 is 0 Å². The number of nitrogens with one attached hydrogen (secondary N) is 2. The Morgan fingerprint density at radius 3 is 2.89 bits per heavy atom.